The van der Waals surface area contributed by atoms with Crippen LogP contribution in [-0.4, -0.2) is 17.8 Å². The Labute approximate surface area is 121 Å². The molecule has 1 heterocycles. The SMILES string of the molecule is OC(Cc1c(F)cccc1Cl)C1COc2ccccc21. The van der Waals surface area contributed by atoms with Crippen molar-refractivity contribution in [2.24, 2.45) is 0 Å². The third-order valence-corrected chi connectivity index (χ3v) is 4.03. The second-order valence-corrected chi connectivity index (χ2v) is 5.33. The number of aliphatic hydroxyl groups excluding tert-OH is 1. The number of benzene rings is 2. The van der Waals surface area contributed by atoms with Gasteiger partial charge in [0, 0.05) is 28.5 Å². The highest BCUT2D eigenvalue weighted by Crippen LogP contribution is 2.37. The number of rotatable bonds is 3. The molecule has 104 valence electrons. The Balaban J connectivity index is 1.83. The maximum Gasteiger partial charge on any atom is 0.127 e. The normalized spacial score (nSPS) is 18.4. The Hall–Kier alpha value is -1.58. The van der Waals surface area contributed by atoms with Crippen LogP contribution in [0.15, 0.2) is 42.5 Å². The Kier molecular flexibility index (Phi) is 3.64. The van der Waals surface area contributed by atoms with Crippen LogP contribution >= 0.6 is 11.6 Å². The highest BCUT2D eigenvalue weighted by Gasteiger charge is 2.30. The molecule has 2 aromatic carbocycles. The van der Waals surface area contributed by atoms with Crippen LogP contribution in [0, 0.1) is 5.82 Å². The minimum Gasteiger partial charge on any atom is -0.493 e. The van der Waals surface area contributed by atoms with E-state index in [1.165, 1.54) is 6.07 Å². The van der Waals surface area contributed by atoms with Crippen LogP contribution in [0.5, 0.6) is 5.75 Å². The molecule has 0 bridgehead atoms. The average molecular weight is 293 g/mol. The molecule has 0 fully saturated rings. The van der Waals surface area contributed by atoms with Crippen molar-refractivity contribution in [2.45, 2.75) is 18.4 Å². The van der Waals surface area contributed by atoms with Crippen molar-refractivity contribution in [3.63, 3.8) is 0 Å². The Bertz CT molecular complexity index is 609. The monoisotopic (exact) mass is 292 g/mol. The molecule has 2 nitrogen and oxygen atoms in total. The lowest BCUT2D eigenvalue weighted by Crippen LogP contribution is -2.23. The molecule has 20 heavy (non-hydrogen) atoms. The third-order valence-electron chi connectivity index (χ3n) is 3.68. The van der Waals surface area contributed by atoms with E-state index in [0.717, 1.165) is 11.3 Å². The molecular weight excluding hydrogens is 279 g/mol. The molecule has 0 aliphatic carbocycles. The lowest BCUT2D eigenvalue weighted by atomic mass is 9.91. The van der Waals surface area contributed by atoms with E-state index in [-0.39, 0.29) is 18.2 Å². The van der Waals surface area contributed by atoms with E-state index in [1.807, 2.05) is 24.3 Å². The molecule has 1 aliphatic heterocycles. The fraction of sp³-hybridized carbons (Fsp3) is 0.250. The number of aliphatic hydroxyl groups is 1. The molecule has 4 heteroatoms. The molecule has 0 spiro atoms. The first-order valence-corrected chi connectivity index (χ1v) is 6.87. The highest BCUT2D eigenvalue weighted by molar-refractivity contribution is 6.31. The van der Waals surface area contributed by atoms with Gasteiger partial charge in [0.1, 0.15) is 11.6 Å². The van der Waals surface area contributed by atoms with Crippen LogP contribution in [0.1, 0.15) is 17.0 Å². The second kappa shape index (κ2) is 5.43. The van der Waals surface area contributed by atoms with E-state index in [1.54, 1.807) is 12.1 Å². The zero-order chi connectivity index (χ0) is 14.1. The molecular formula is C16H14ClFO2. The maximum absolute atomic E-state index is 13.8. The predicted octanol–water partition coefficient (Wildman–Crippen LogP) is 3.56. The van der Waals surface area contributed by atoms with Crippen molar-refractivity contribution in [1.82, 2.24) is 0 Å². The second-order valence-electron chi connectivity index (χ2n) is 4.93. The lowest BCUT2D eigenvalue weighted by Gasteiger charge is -2.18. The van der Waals surface area contributed by atoms with Gasteiger partial charge in [0.25, 0.3) is 0 Å². The summed E-state index contributed by atoms with van der Waals surface area (Å²) in [5.41, 5.74) is 1.32. The van der Waals surface area contributed by atoms with Crippen LogP contribution < -0.4 is 4.74 Å². The molecule has 1 aliphatic rings. The molecule has 2 atom stereocenters. The van der Waals surface area contributed by atoms with Gasteiger partial charge in [0.15, 0.2) is 0 Å². The van der Waals surface area contributed by atoms with Crippen molar-refractivity contribution < 1.29 is 14.2 Å². The summed E-state index contributed by atoms with van der Waals surface area (Å²) in [5.74, 6) is 0.252. The highest BCUT2D eigenvalue weighted by atomic mass is 35.5. The summed E-state index contributed by atoms with van der Waals surface area (Å²) in [6.45, 7) is 0.409. The molecule has 0 saturated carbocycles. The van der Waals surface area contributed by atoms with Crippen molar-refractivity contribution >= 4 is 11.6 Å². The van der Waals surface area contributed by atoms with Gasteiger partial charge >= 0.3 is 0 Å². The Morgan fingerprint density at radius 1 is 1.25 bits per heavy atom. The van der Waals surface area contributed by atoms with Crippen molar-refractivity contribution in [3.8, 4) is 5.75 Å². The number of ether oxygens (including phenoxy) is 1. The van der Waals surface area contributed by atoms with Gasteiger partial charge in [-0.05, 0) is 18.2 Å². The van der Waals surface area contributed by atoms with Crippen LogP contribution in [0.2, 0.25) is 5.02 Å². The standard InChI is InChI=1S/C16H14ClFO2/c17-13-5-3-6-14(18)11(13)8-15(19)12-9-20-16-7-2-1-4-10(12)16/h1-7,12,15,19H,8-9H2. The van der Waals surface area contributed by atoms with Crippen molar-refractivity contribution in [2.75, 3.05) is 6.61 Å². The number of hydrogen-bond donors (Lipinski definition) is 1. The van der Waals surface area contributed by atoms with Gasteiger partial charge in [0.2, 0.25) is 0 Å². The summed E-state index contributed by atoms with van der Waals surface area (Å²) >= 11 is 6.00. The summed E-state index contributed by atoms with van der Waals surface area (Å²) in [6, 6.07) is 12.1. The van der Waals surface area contributed by atoms with E-state index >= 15 is 0 Å². The van der Waals surface area contributed by atoms with Crippen molar-refractivity contribution in [3.05, 3.63) is 64.4 Å². The zero-order valence-corrected chi connectivity index (χ0v) is 11.5. The fourth-order valence-corrected chi connectivity index (χ4v) is 2.82. The summed E-state index contributed by atoms with van der Waals surface area (Å²) in [7, 11) is 0. The van der Waals surface area contributed by atoms with Gasteiger partial charge < -0.3 is 9.84 Å². The van der Waals surface area contributed by atoms with Gasteiger partial charge in [-0.2, -0.15) is 0 Å². The summed E-state index contributed by atoms with van der Waals surface area (Å²) in [6.07, 6.45) is -0.554. The number of hydrogen-bond acceptors (Lipinski definition) is 2. The summed E-state index contributed by atoms with van der Waals surface area (Å²) in [4.78, 5) is 0. The van der Waals surface area contributed by atoms with Gasteiger partial charge in [0.05, 0.1) is 12.7 Å². The maximum atomic E-state index is 13.8. The van der Waals surface area contributed by atoms with E-state index in [4.69, 9.17) is 16.3 Å². The van der Waals surface area contributed by atoms with E-state index in [2.05, 4.69) is 0 Å². The third kappa shape index (κ3) is 2.39. The van der Waals surface area contributed by atoms with E-state index in [0.29, 0.717) is 17.2 Å². The molecule has 2 aromatic rings. The Morgan fingerprint density at radius 3 is 2.85 bits per heavy atom. The minimum atomic E-state index is -0.729. The van der Waals surface area contributed by atoms with Gasteiger partial charge in [-0.15, -0.1) is 0 Å². The smallest absolute Gasteiger partial charge is 0.127 e. The zero-order valence-electron chi connectivity index (χ0n) is 10.7. The van der Waals surface area contributed by atoms with Gasteiger partial charge in [-0.3, -0.25) is 0 Å². The van der Waals surface area contributed by atoms with E-state index < -0.39 is 6.10 Å². The molecule has 2 unspecified atom stereocenters. The van der Waals surface area contributed by atoms with Crippen LogP contribution in [0.4, 0.5) is 4.39 Å². The molecule has 0 saturated heterocycles. The topological polar surface area (TPSA) is 29.5 Å². The minimum absolute atomic E-state index is 0.151. The van der Waals surface area contributed by atoms with Gasteiger partial charge in [-0.1, -0.05) is 35.9 Å². The largest absolute Gasteiger partial charge is 0.493 e. The van der Waals surface area contributed by atoms with E-state index in [9.17, 15) is 9.50 Å². The molecule has 3 rings (SSSR count). The fourth-order valence-electron chi connectivity index (χ4n) is 2.58. The lowest BCUT2D eigenvalue weighted by molar-refractivity contribution is 0.128. The number of fused-ring (bicyclic) bond motifs is 1. The number of para-hydroxylation sites is 1. The van der Waals surface area contributed by atoms with Crippen LogP contribution in [0.25, 0.3) is 0 Å². The first-order chi connectivity index (χ1) is 9.66. The predicted molar refractivity (Wildman–Crippen MR) is 75.8 cm³/mol. The summed E-state index contributed by atoms with van der Waals surface area (Å²) in [5, 5.41) is 10.7. The van der Waals surface area contributed by atoms with Crippen molar-refractivity contribution in [1.29, 1.82) is 0 Å². The first-order valence-electron chi connectivity index (χ1n) is 6.49. The first kappa shape index (κ1) is 13.4. The van der Waals surface area contributed by atoms with Gasteiger partial charge in [-0.25, -0.2) is 4.39 Å². The molecule has 0 aromatic heterocycles. The summed E-state index contributed by atoms with van der Waals surface area (Å²) < 4.78 is 19.3. The number of halogens is 2. The quantitative estimate of drug-likeness (QED) is 0.937. The Morgan fingerprint density at radius 2 is 2.05 bits per heavy atom. The molecule has 0 radical (unpaired) electrons. The average Bonchev–Trinajstić information content (AvgIpc) is 2.87. The molecule has 1 N–H and O–H groups in total. The molecule has 0 amide bonds. The van der Waals surface area contributed by atoms with Crippen LogP contribution in [0.3, 0.4) is 0 Å². The van der Waals surface area contributed by atoms with Crippen LogP contribution in [-0.2, 0) is 6.42 Å².